The van der Waals surface area contributed by atoms with Crippen LogP contribution in [0.4, 0.5) is 0 Å². The highest BCUT2D eigenvalue weighted by atomic mass is 31.0. The number of hydrogen-bond acceptors (Lipinski definition) is 0. The maximum atomic E-state index is 2.85. The van der Waals surface area contributed by atoms with E-state index in [0.29, 0.717) is 5.92 Å². The Balaban J connectivity index is 2.32. The second kappa shape index (κ2) is 10.4. The average Bonchev–Trinajstić information content (AvgIpc) is 2.65. The summed E-state index contributed by atoms with van der Waals surface area (Å²) in [6.45, 7) is 13.7. The topological polar surface area (TPSA) is 0 Å². The molecule has 0 nitrogen and oxygen atoms in total. The van der Waals surface area contributed by atoms with Crippen molar-refractivity contribution >= 4 is 9.24 Å². The van der Waals surface area contributed by atoms with E-state index in [4.69, 9.17) is 0 Å². The third-order valence-corrected chi connectivity index (χ3v) is 7.06. The van der Waals surface area contributed by atoms with E-state index in [0.717, 1.165) is 0 Å². The lowest BCUT2D eigenvalue weighted by Crippen LogP contribution is -2.08. The maximum Gasteiger partial charge on any atom is 0.00947 e. The van der Waals surface area contributed by atoms with Crippen molar-refractivity contribution in [3.8, 4) is 0 Å². The Labute approximate surface area is 170 Å². The molecular weight excluding hydrogens is 343 g/mol. The summed E-state index contributed by atoms with van der Waals surface area (Å²) in [5.74, 6) is 0.519. The Morgan fingerprint density at radius 1 is 0.593 bits per heavy atom. The van der Waals surface area contributed by atoms with Crippen molar-refractivity contribution in [3.63, 3.8) is 0 Å². The molecule has 0 aliphatic carbocycles. The number of unbranched alkanes of at least 4 members (excludes halogenated alkanes) is 4. The molecule has 0 N–H and O–H groups in total. The van der Waals surface area contributed by atoms with E-state index in [9.17, 15) is 0 Å². The van der Waals surface area contributed by atoms with E-state index < -0.39 is 0 Å². The molecule has 1 atom stereocenters. The summed E-state index contributed by atoms with van der Waals surface area (Å²) in [4.78, 5) is 0. The molecule has 2 aromatic rings. The van der Waals surface area contributed by atoms with Gasteiger partial charge < -0.3 is 0 Å². The lowest BCUT2D eigenvalue weighted by molar-refractivity contribution is 0.579. The van der Waals surface area contributed by atoms with Crippen LogP contribution in [-0.2, 0) is 0 Å². The van der Waals surface area contributed by atoms with Crippen LogP contribution in [0, 0.1) is 41.5 Å². The average molecular weight is 383 g/mol. The smallest absolute Gasteiger partial charge is 0.00947 e. The highest BCUT2D eigenvalue weighted by Gasteiger charge is 2.20. The van der Waals surface area contributed by atoms with Crippen molar-refractivity contribution in [2.75, 3.05) is 6.16 Å². The molecule has 0 amide bonds. The Hall–Kier alpha value is -1.13. The van der Waals surface area contributed by atoms with Crippen LogP contribution in [0.5, 0.6) is 0 Å². The van der Waals surface area contributed by atoms with E-state index in [2.05, 4.69) is 75.0 Å². The summed E-state index contributed by atoms with van der Waals surface area (Å²) in [6, 6.07) is 9.43. The number of rotatable bonds is 9. The molecule has 2 aromatic carbocycles. The largest absolute Gasteiger partial charge is 0.138 e. The molecule has 0 aromatic heterocycles. The third kappa shape index (κ3) is 5.45. The summed E-state index contributed by atoms with van der Waals surface area (Å²) >= 11 is 0. The Morgan fingerprint density at radius 2 is 1.04 bits per heavy atom. The number of hydrogen-bond donors (Lipinski definition) is 0. The van der Waals surface area contributed by atoms with Crippen molar-refractivity contribution in [1.29, 1.82) is 0 Å². The first kappa shape index (κ1) is 22.2. The van der Waals surface area contributed by atoms with Crippen molar-refractivity contribution in [1.82, 2.24) is 0 Å². The van der Waals surface area contributed by atoms with E-state index in [1.807, 2.05) is 0 Å². The van der Waals surface area contributed by atoms with Gasteiger partial charge in [0.2, 0.25) is 0 Å². The predicted molar refractivity (Wildman–Crippen MR) is 125 cm³/mol. The van der Waals surface area contributed by atoms with Gasteiger partial charge in [-0.15, -0.1) is 9.24 Å². The molecule has 148 valence electrons. The van der Waals surface area contributed by atoms with Gasteiger partial charge in [0.25, 0.3) is 0 Å². The lowest BCUT2D eigenvalue weighted by Gasteiger charge is -2.25. The lowest BCUT2D eigenvalue weighted by atomic mass is 9.79. The van der Waals surface area contributed by atoms with Gasteiger partial charge in [-0.2, -0.15) is 0 Å². The van der Waals surface area contributed by atoms with Crippen LogP contribution in [-0.4, -0.2) is 6.16 Å². The Morgan fingerprint density at radius 3 is 1.52 bits per heavy atom. The molecule has 0 radical (unpaired) electrons. The fourth-order valence-electron chi connectivity index (χ4n) is 4.21. The molecule has 0 aliphatic rings. The van der Waals surface area contributed by atoms with Gasteiger partial charge in [0.15, 0.2) is 0 Å². The van der Waals surface area contributed by atoms with Gasteiger partial charge in [-0.25, -0.2) is 0 Å². The van der Waals surface area contributed by atoms with Crippen LogP contribution in [0.15, 0.2) is 24.3 Å². The summed E-state index contributed by atoms with van der Waals surface area (Å²) in [5.41, 5.74) is 11.8. The first-order chi connectivity index (χ1) is 12.9. The van der Waals surface area contributed by atoms with Crippen LogP contribution in [0.3, 0.4) is 0 Å². The first-order valence-corrected chi connectivity index (χ1v) is 11.5. The van der Waals surface area contributed by atoms with E-state index in [-0.39, 0.29) is 0 Å². The Bertz CT molecular complexity index is 700. The highest BCUT2D eigenvalue weighted by Crippen LogP contribution is 2.37. The molecule has 0 heterocycles. The standard InChI is InChI=1S/C26H39P/c1-18-13-15-24(22(5)20(18)3)26(12-10-8-7-9-11-17-27)25-16-14-19(2)21(4)23(25)6/h13-16,26H,7-12,17,27H2,1-6H3. The molecule has 0 fully saturated rings. The van der Waals surface area contributed by atoms with Crippen LogP contribution in [0.2, 0.25) is 0 Å². The molecule has 1 heteroatoms. The minimum Gasteiger partial charge on any atom is -0.138 e. The second-order valence-electron chi connectivity index (χ2n) is 8.34. The molecule has 0 saturated heterocycles. The third-order valence-electron chi connectivity index (χ3n) is 6.65. The summed E-state index contributed by atoms with van der Waals surface area (Å²) in [6.07, 6.45) is 9.27. The highest BCUT2D eigenvalue weighted by molar-refractivity contribution is 7.16. The molecule has 0 spiro atoms. The fourth-order valence-corrected chi connectivity index (χ4v) is 4.50. The van der Waals surface area contributed by atoms with E-state index in [1.165, 1.54) is 89.2 Å². The minimum absolute atomic E-state index is 0.519. The van der Waals surface area contributed by atoms with Gasteiger partial charge in [-0.3, -0.25) is 0 Å². The summed E-state index contributed by atoms with van der Waals surface area (Å²) in [5, 5.41) is 0. The van der Waals surface area contributed by atoms with Crippen LogP contribution in [0.25, 0.3) is 0 Å². The summed E-state index contributed by atoms with van der Waals surface area (Å²) in [7, 11) is 2.85. The zero-order chi connectivity index (χ0) is 20.0. The monoisotopic (exact) mass is 382 g/mol. The first-order valence-electron chi connectivity index (χ1n) is 10.7. The molecule has 0 bridgehead atoms. The van der Waals surface area contributed by atoms with E-state index in [1.54, 1.807) is 0 Å². The molecular formula is C26H39P. The number of aryl methyl sites for hydroxylation is 2. The Kier molecular flexibility index (Phi) is 8.56. The van der Waals surface area contributed by atoms with Crippen molar-refractivity contribution in [3.05, 3.63) is 68.8 Å². The quantitative estimate of drug-likeness (QED) is 0.305. The zero-order valence-corrected chi connectivity index (χ0v) is 19.6. The molecule has 2 rings (SSSR count). The zero-order valence-electron chi connectivity index (χ0n) is 18.4. The van der Waals surface area contributed by atoms with Gasteiger partial charge in [-0.1, -0.05) is 49.9 Å². The van der Waals surface area contributed by atoms with Crippen LogP contribution in [0.1, 0.15) is 89.0 Å². The minimum atomic E-state index is 0.519. The maximum absolute atomic E-state index is 2.85. The molecule has 27 heavy (non-hydrogen) atoms. The van der Waals surface area contributed by atoms with Crippen molar-refractivity contribution < 1.29 is 0 Å². The number of benzene rings is 2. The molecule has 0 saturated carbocycles. The predicted octanol–water partition coefficient (Wildman–Crippen LogP) is 7.88. The van der Waals surface area contributed by atoms with Gasteiger partial charge >= 0.3 is 0 Å². The van der Waals surface area contributed by atoms with Gasteiger partial charge in [0.05, 0.1) is 0 Å². The van der Waals surface area contributed by atoms with Gasteiger partial charge in [0.1, 0.15) is 0 Å². The van der Waals surface area contributed by atoms with E-state index >= 15 is 0 Å². The van der Waals surface area contributed by atoms with Crippen LogP contribution < -0.4 is 0 Å². The second-order valence-corrected chi connectivity index (χ2v) is 8.92. The fraction of sp³-hybridized carbons (Fsp3) is 0.538. The molecule has 1 unspecified atom stereocenters. The van der Waals surface area contributed by atoms with Crippen LogP contribution >= 0.6 is 9.24 Å². The summed E-state index contributed by atoms with van der Waals surface area (Å²) < 4.78 is 0. The SMILES string of the molecule is Cc1ccc(C(CCCCCCCP)c2ccc(C)c(C)c2C)c(C)c1C. The van der Waals surface area contributed by atoms with Crippen molar-refractivity contribution in [2.45, 2.75) is 86.0 Å². The van der Waals surface area contributed by atoms with Gasteiger partial charge in [-0.05, 0) is 105 Å². The normalized spacial score (nSPS) is 11.4. The molecule has 0 aliphatic heterocycles. The van der Waals surface area contributed by atoms with Crippen molar-refractivity contribution in [2.24, 2.45) is 0 Å². The van der Waals surface area contributed by atoms with Gasteiger partial charge in [0, 0.05) is 5.92 Å².